The third kappa shape index (κ3) is 3.94. The third-order valence-electron chi connectivity index (χ3n) is 5.43. The van der Waals surface area contributed by atoms with E-state index in [0.717, 1.165) is 28.5 Å². The van der Waals surface area contributed by atoms with Crippen LogP contribution in [0.3, 0.4) is 0 Å². The number of ether oxygens (including phenoxy) is 1. The summed E-state index contributed by atoms with van der Waals surface area (Å²) in [4.78, 5) is 29.7. The van der Waals surface area contributed by atoms with Gasteiger partial charge in [-0.15, -0.1) is 0 Å². The summed E-state index contributed by atoms with van der Waals surface area (Å²) in [5, 5.41) is 2.03. The summed E-state index contributed by atoms with van der Waals surface area (Å²) >= 11 is 0. The molecule has 3 aromatic carbocycles. The minimum atomic E-state index is -0.00730. The summed E-state index contributed by atoms with van der Waals surface area (Å²) in [5.74, 6) is 0.747. The smallest absolute Gasteiger partial charge is 0.254 e. The zero-order valence-electron chi connectivity index (χ0n) is 16.5. The van der Waals surface area contributed by atoms with E-state index < -0.39 is 0 Å². The molecule has 0 bridgehead atoms. The first-order valence-electron chi connectivity index (χ1n) is 9.88. The van der Waals surface area contributed by atoms with E-state index >= 15 is 0 Å². The maximum absolute atomic E-state index is 13.2. The Morgan fingerprint density at radius 1 is 0.759 bits per heavy atom. The molecular formula is C24H24N2O3. The average molecular weight is 388 g/mol. The average Bonchev–Trinajstić information content (AvgIpc) is 3.04. The minimum absolute atomic E-state index is 0.00730. The van der Waals surface area contributed by atoms with Gasteiger partial charge in [-0.2, -0.15) is 0 Å². The lowest BCUT2D eigenvalue weighted by molar-refractivity contribution is 0.0719. The van der Waals surface area contributed by atoms with E-state index in [-0.39, 0.29) is 11.8 Å². The Bertz CT molecular complexity index is 1020. The van der Waals surface area contributed by atoms with Crippen molar-refractivity contribution in [2.75, 3.05) is 33.3 Å². The molecule has 0 atom stereocenters. The van der Waals surface area contributed by atoms with Crippen molar-refractivity contribution in [3.05, 3.63) is 77.9 Å². The summed E-state index contributed by atoms with van der Waals surface area (Å²) in [7, 11) is 1.60. The normalized spacial score (nSPS) is 14.5. The summed E-state index contributed by atoms with van der Waals surface area (Å²) in [6, 6.07) is 20.9. The predicted octanol–water partition coefficient (Wildman–Crippen LogP) is 3.84. The number of hydrogen-bond acceptors (Lipinski definition) is 3. The van der Waals surface area contributed by atoms with Crippen molar-refractivity contribution in [2.45, 2.75) is 6.42 Å². The van der Waals surface area contributed by atoms with Gasteiger partial charge in [-0.05, 0) is 47.5 Å². The van der Waals surface area contributed by atoms with Crippen LogP contribution in [0, 0.1) is 0 Å². The molecule has 29 heavy (non-hydrogen) atoms. The number of methoxy groups -OCH3 is 1. The third-order valence-corrected chi connectivity index (χ3v) is 5.43. The molecule has 148 valence electrons. The Hall–Kier alpha value is -3.34. The molecule has 1 heterocycles. The van der Waals surface area contributed by atoms with Crippen LogP contribution in [-0.2, 0) is 0 Å². The SMILES string of the molecule is COc1ccc(C(=O)N2CCCN(C(=O)c3cccc4ccccc34)CC2)cc1. The van der Waals surface area contributed by atoms with Gasteiger partial charge >= 0.3 is 0 Å². The van der Waals surface area contributed by atoms with E-state index in [0.29, 0.717) is 31.7 Å². The topological polar surface area (TPSA) is 49.9 Å². The monoisotopic (exact) mass is 388 g/mol. The molecule has 0 N–H and O–H groups in total. The standard InChI is InChI=1S/C24H24N2O3/c1-29-20-12-10-19(11-13-20)23(27)25-14-5-15-26(17-16-25)24(28)22-9-4-7-18-6-2-3-8-21(18)22/h2-4,6-13H,5,14-17H2,1H3. The lowest BCUT2D eigenvalue weighted by atomic mass is 10.0. The molecule has 1 aliphatic heterocycles. The van der Waals surface area contributed by atoms with Crippen molar-refractivity contribution in [3.8, 4) is 5.75 Å². The summed E-state index contributed by atoms with van der Waals surface area (Å²) < 4.78 is 5.16. The van der Waals surface area contributed by atoms with Crippen LogP contribution in [0.2, 0.25) is 0 Å². The fraction of sp³-hybridized carbons (Fsp3) is 0.250. The highest BCUT2D eigenvalue weighted by molar-refractivity contribution is 6.07. The van der Waals surface area contributed by atoms with Crippen LogP contribution < -0.4 is 4.74 Å². The number of carbonyl (C=O) groups is 2. The summed E-state index contributed by atoms with van der Waals surface area (Å²) in [6.45, 7) is 2.35. The van der Waals surface area contributed by atoms with Crippen LogP contribution in [0.5, 0.6) is 5.75 Å². The van der Waals surface area contributed by atoms with Gasteiger partial charge in [0, 0.05) is 37.3 Å². The molecular weight excluding hydrogens is 364 g/mol. The lowest BCUT2D eigenvalue weighted by Crippen LogP contribution is -2.37. The van der Waals surface area contributed by atoms with Crippen LogP contribution in [0.1, 0.15) is 27.1 Å². The second-order valence-corrected chi connectivity index (χ2v) is 7.19. The number of hydrogen-bond donors (Lipinski definition) is 0. The van der Waals surface area contributed by atoms with Gasteiger partial charge in [-0.1, -0.05) is 36.4 Å². The highest BCUT2D eigenvalue weighted by atomic mass is 16.5. The van der Waals surface area contributed by atoms with E-state index in [1.165, 1.54) is 0 Å². The number of fused-ring (bicyclic) bond motifs is 1. The fourth-order valence-corrected chi connectivity index (χ4v) is 3.82. The van der Waals surface area contributed by atoms with E-state index in [1.807, 2.05) is 52.3 Å². The zero-order chi connectivity index (χ0) is 20.2. The molecule has 2 amide bonds. The molecule has 0 saturated carbocycles. The Kier molecular flexibility index (Phi) is 5.47. The molecule has 0 aromatic heterocycles. The van der Waals surface area contributed by atoms with Gasteiger partial charge in [0.2, 0.25) is 0 Å². The molecule has 0 radical (unpaired) electrons. The van der Waals surface area contributed by atoms with Crippen LogP contribution in [-0.4, -0.2) is 54.9 Å². The molecule has 5 heteroatoms. The van der Waals surface area contributed by atoms with E-state index in [9.17, 15) is 9.59 Å². The number of benzene rings is 3. The first-order valence-corrected chi connectivity index (χ1v) is 9.88. The number of rotatable bonds is 3. The molecule has 0 unspecified atom stereocenters. The van der Waals surface area contributed by atoms with E-state index in [4.69, 9.17) is 4.74 Å². The Morgan fingerprint density at radius 3 is 2.14 bits per heavy atom. The zero-order valence-corrected chi connectivity index (χ0v) is 16.5. The maximum Gasteiger partial charge on any atom is 0.254 e. The van der Waals surface area contributed by atoms with Crippen LogP contribution in [0.15, 0.2) is 66.7 Å². The summed E-state index contributed by atoms with van der Waals surface area (Å²) in [6.07, 6.45) is 0.762. The van der Waals surface area contributed by atoms with Crippen molar-refractivity contribution < 1.29 is 14.3 Å². The molecule has 1 saturated heterocycles. The van der Waals surface area contributed by atoms with Crippen molar-refractivity contribution in [3.63, 3.8) is 0 Å². The molecule has 1 fully saturated rings. The first-order chi connectivity index (χ1) is 14.2. The minimum Gasteiger partial charge on any atom is -0.497 e. The molecule has 3 aromatic rings. The van der Waals surface area contributed by atoms with Crippen molar-refractivity contribution in [1.29, 1.82) is 0 Å². The van der Waals surface area contributed by atoms with Crippen LogP contribution >= 0.6 is 0 Å². The molecule has 0 spiro atoms. The second kappa shape index (κ2) is 8.35. The van der Waals surface area contributed by atoms with Gasteiger partial charge in [-0.25, -0.2) is 0 Å². The van der Waals surface area contributed by atoms with Crippen molar-refractivity contribution >= 4 is 22.6 Å². The Morgan fingerprint density at radius 2 is 1.41 bits per heavy atom. The van der Waals surface area contributed by atoms with Gasteiger partial charge in [0.25, 0.3) is 11.8 Å². The second-order valence-electron chi connectivity index (χ2n) is 7.19. The van der Waals surface area contributed by atoms with E-state index in [1.54, 1.807) is 31.4 Å². The molecule has 1 aliphatic rings. The number of amides is 2. The van der Waals surface area contributed by atoms with Crippen molar-refractivity contribution in [1.82, 2.24) is 9.80 Å². The Labute approximate surface area is 170 Å². The lowest BCUT2D eigenvalue weighted by Gasteiger charge is -2.23. The first kappa shape index (κ1) is 19.0. The predicted molar refractivity (Wildman–Crippen MR) is 113 cm³/mol. The van der Waals surface area contributed by atoms with Crippen LogP contribution in [0.25, 0.3) is 10.8 Å². The van der Waals surface area contributed by atoms with E-state index in [2.05, 4.69) is 0 Å². The van der Waals surface area contributed by atoms with Gasteiger partial charge in [0.15, 0.2) is 0 Å². The Balaban J connectivity index is 1.48. The quantitative estimate of drug-likeness (QED) is 0.685. The van der Waals surface area contributed by atoms with Gasteiger partial charge < -0.3 is 14.5 Å². The number of carbonyl (C=O) groups excluding carboxylic acids is 2. The summed E-state index contributed by atoms with van der Waals surface area (Å²) in [5.41, 5.74) is 1.36. The van der Waals surface area contributed by atoms with Crippen molar-refractivity contribution in [2.24, 2.45) is 0 Å². The van der Waals surface area contributed by atoms with Gasteiger partial charge in [0.05, 0.1) is 7.11 Å². The number of nitrogens with zero attached hydrogens (tertiary/aromatic N) is 2. The molecule has 0 aliphatic carbocycles. The highest BCUT2D eigenvalue weighted by Gasteiger charge is 2.24. The van der Waals surface area contributed by atoms with Gasteiger partial charge in [0.1, 0.15) is 5.75 Å². The largest absolute Gasteiger partial charge is 0.497 e. The maximum atomic E-state index is 13.2. The highest BCUT2D eigenvalue weighted by Crippen LogP contribution is 2.21. The molecule has 5 nitrogen and oxygen atoms in total. The molecule has 4 rings (SSSR count). The van der Waals surface area contributed by atoms with Crippen LogP contribution in [0.4, 0.5) is 0 Å². The van der Waals surface area contributed by atoms with Gasteiger partial charge in [-0.3, -0.25) is 9.59 Å². The fourth-order valence-electron chi connectivity index (χ4n) is 3.82.